The van der Waals surface area contributed by atoms with Gasteiger partial charge in [-0.25, -0.2) is 0 Å². The van der Waals surface area contributed by atoms with Crippen LogP contribution in [-0.2, 0) is 11.2 Å². The maximum atomic E-state index is 13.9. The van der Waals surface area contributed by atoms with Gasteiger partial charge in [0.1, 0.15) is 22.8 Å². The van der Waals surface area contributed by atoms with E-state index in [9.17, 15) is 24.6 Å². The van der Waals surface area contributed by atoms with Crippen molar-refractivity contribution >= 4 is 17.3 Å². The van der Waals surface area contributed by atoms with Gasteiger partial charge in [-0.1, -0.05) is 12.1 Å². The third-order valence-electron chi connectivity index (χ3n) is 6.37. The number of aliphatic hydroxyl groups excluding tert-OH is 1. The summed E-state index contributed by atoms with van der Waals surface area (Å²) < 4.78 is 17.4. The smallest absolute Gasteiger partial charge is 0.202 e. The minimum absolute atomic E-state index is 0.000942. The molecule has 0 fully saturated rings. The van der Waals surface area contributed by atoms with E-state index in [0.29, 0.717) is 12.2 Å². The molecule has 2 aliphatic rings. The predicted molar refractivity (Wildman–Crippen MR) is 122 cm³/mol. The fourth-order valence-corrected chi connectivity index (χ4v) is 4.88. The highest BCUT2D eigenvalue weighted by Crippen LogP contribution is 2.51. The number of fused-ring (bicyclic) bond motifs is 3. The molecule has 180 valence electrons. The minimum atomic E-state index is -1.84. The van der Waals surface area contributed by atoms with Gasteiger partial charge >= 0.3 is 0 Å². The van der Waals surface area contributed by atoms with Crippen LogP contribution in [0, 0.1) is 0 Å². The Morgan fingerprint density at radius 2 is 1.59 bits per heavy atom. The zero-order valence-corrected chi connectivity index (χ0v) is 19.7. The number of ketones is 3. The van der Waals surface area contributed by atoms with Crippen LogP contribution in [0.1, 0.15) is 83.2 Å². The Hall–Kier alpha value is -3.23. The number of aliphatic hydroxyl groups is 2. The molecule has 0 aliphatic heterocycles. The van der Waals surface area contributed by atoms with Crippen molar-refractivity contribution in [1.82, 2.24) is 0 Å². The van der Waals surface area contributed by atoms with Crippen molar-refractivity contribution in [1.29, 1.82) is 0 Å². The largest absolute Gasteiger partial charge is 0.493 e. The van der Waals surface area contributed by atoms with E-state index in [1.807, 2.05) is 0 Å². The Balaban J connectivity index is 2.10. The molecule has 0 amide bonds. The molecular formula is C26H28O8. The molecule has 0 bridgehead atoms. The van der Waals surface area contributed by atoms with Gasteiger partial charge in [0, 0.05) is 29.5 Å². The molecule has 2 atom stereocenters. The molecule has 2 aliphatic carbocycles. The number of hydrogen-bond acceptors (Lipinski definition) is 8. The Morgan fingerprint density at radius 3 is 2.21 bits per heavy atom. The molecular weight excluding hydrogens is 440 g/mol. The number of Topliss-reactive ketones (excluding diaryl/α,β-unsaturated/α-hetero) is 1. The second-order valence-corrected chi connectivity index (χ2v) is 8.42. The maximum Gasteiger partial charge on any atom is 0.202 e. The number of carbonyl (C=O) groups excluding carboxylic acids is 3. The molecule has 0 heterocycles. The molecule has 0 saturated heterocycles. The van der Waals surface area contributed by atoms with Gasteiger partial charge in [0.05, 0.1) is 42.6 Å². The first-order valence-corrected chi connectivity index (χ1v) is 11.4. The summed E-state index contributed by atoms with van der Waals surface area (Å²) in [5, 5.41) is 22.0. The second kappa shape index (κ2) is 8.85. The van der Waals surface area contributed by atoms with Crippen LogP contribution in [0.15, 0.2) is 18.2 Å². The normalized spacial score (nSPS) is 20.8. The van der Waals surface area contributed by atoms with Crippen molar-refractivity contribution < 1.29 is 38.8 Å². The Labute approximate surface area is 197 Å². The molecule has 0 saturated carbocycles. The quantitative estimate of drug-likeness (QED) is 0.543. The van der Waals surface area contributed by atoms with Gasteiger partial charge in [-0.05, 0) is 33.8 Å². The molecule has 8 heteroatoms. The molecule has 2 aromatic carbocycles. The number of benzene rings is 2. The average Bonchev–Trinajstić information content (AvgIpc) is 2.78. The Morgan fingerprint density at radius 1 is 0.971 bits per heavy atom. The van der Waals surface area contributed by atoms with Crippen LogP contribution in [0.4, 0.5) is 0 Å². The van der Waals surface area contributed by atoms with Crippen LogP contribution in [-0.4, -0.2) is 53.0 Å². The molecule has 0 radical (unpaired) electrons. The van der Waals surface area contributed by atoms with Crippen LogP contribution in [0.25, 0.3) is 0 Å². The summed E-state index contributed by atoms with van der Waals surface area (Å²) >= 11 is 0. The maximum absolute atomic E-state index is 13.9. The van der Waals surface area contributed by atoms with E-state index in [1.165, 1.54) is 6.92 Å². The van der Waals surface area contributed by atoms with E-state index < -0.39 is 29.1 Å². The summed E-state index contributed by atoms with van der Waals surface area (Å²) in [5.74, 6) is -0.993. The molecule has 34 heavy (non-hydrogen) atoms. The van der Waals surface area contributed by atoms with E-state index in [1.54, 1.807) is 39.0 Å². The van der Waals surface area contributed by atoms with Crippen molar-refractivity contribution in [3.8, 4) is 17.2 Å². The lowest BCUT2D eigenvalue weighted by molar-refractivity contribution is -0.139. The van der Waals surface area contributed by atoms with E-state index in [-0.39, 0.29) is 71.1 Å². The Kier molecular flexibility index (Phi) is 6.22. The summed E-state index contributed by atoms with van der Waals surface area (Å²) in [6, 6.07) is 4.82. The third kappa shape index (κ3) is 3.49. The van der Waals surface area contributed by atoms with Gasteiger partial charge in [-0.15, -0.1) is 0 Å². The van der Waals surface area contributed by atoms with Crippen molar-refractivity contribution in [3.05, 3.63) is 51.6 Å². The highest BCUT2D eigenvalue weighted by Gasteiger charge is 2.48. The van der Waals surface area contributed by atoms with Crippen LogP contribution in [0.3, 0.4) is 0 Å². The van der Waals surface area contributed by atoms with Crippen LogP contribution < -0.4 is 14.2 Å². The third-order valence-corrected chi connectivity index (χ3v) is 6.37. The van der Waals surface area contributed by atoms with E-state index in [2.05, 4.69) is 0 Å². The summed E-state index contributed by atoms with van der Waals surface area (Å²) in [6.45, 7) is 7.11. The lowest BCUT2D eigenvalue weighted by atomic mass is 9.72. The molecule has 4 rings (SSSR count). The van der Waals surface area contributed by atoms with Crippen molar-refractivity contribution in [2.24, 2.45) is 0 Å². The van der Waals surface area contributed by atoms with E-state index >= 15 is 0 Å². The Bertz CT molecular complexity index is 1200. The highest BCUT2D eigenvalue weighted by molar-refractivity contribution is 6.31. The van der Waals surface area contributed by atoms with Gasteiger partial charge in [-0.2, -0.15) is 0 Å². The van der Waals surface area contributed by atoms with Gasteiger partial charge in [0.15, 0.2) is 11.6 Å². The SMILES string of the molecule is CCOc1cccc2c1C(=O)c1c(OCC)c3c(c(OCC)c1C2=O)CC(O)(C(C)=O)CC3O. The summed E-state index contributed by atoms with van der Waals surface area (Å²) in [6.07, 6.45) is -1.75. The molecule has 2 N–H and O–H groups in total. The van der Waals surface area contributed by atoms with Crippen molar-refractivity contribution in [2.75, 3.05) is 19.8 Å². The fourth-order valence-electron chi connectivity index (χ4n) is 4.88. The van der Waals surface area contributed by atoms with Crippen molar-refractivity contribution in [2.45, 2.75) is 52.2 Å². The molecule has 8 nitrogen and oxygen atoms in total. The number of carbonyl (C=O) groups is 3. The number of rotatable bonds is 7. The first-order valence-electron chi connectivity index (χ1n) is 11.4. The predicted octanol–water partition coefficient (Wildman–Crippen LogP) is 2.96. The second-order valence-electron chi connectivity index (χ2n) is 8.42. The number of hydrogen-bond donors (Lipinski definition) is 2. The zero-order valence-electron chi connectivity index (χ0n) is 19.7. The van der Waals surface area contributed by atoms with Gasteiger partial charge in [-0.3, -0.25) is 14.4 Å². The lowest BCUT2D eigenvalue weighted by Crippen LogP contribution is -2.44. The molecule has 2 aromatic rings. The van der Waals surface area contributed by atoms with Crippen LogP contribution >= 0.6 is 0 Å². The topological polar surface area (TPSA) is 119 Å². The molecule has 0 spiro atoms. The van der Waals surface area contributed by atoms with Crippen LogP contribution in [0.2, 0.25) is 0 Å². The first-order chi connectivity index (χ1) is 16.2. The zero-order chi connectivity index (χ0) is 24.8. The van der Waals surface area contributed by atoms with Gasteiger partial charge < -0.3 is 24.4 Å². The monoisotopic (exact) mass is 468 g/mol. The van der Waals surface area contributed by atoms with E-state index in [4.69, 9.17) is 14.2 Å². The van der Waals surface area contributed by atoms with Crippen LogP contribution in [0.5, 0.6) is 17.2 Å². The van der Waals surface area contributed by atoms with Crippen molar-refractivity contribution in [3.63, 3.8) is 0 Å². The van der Waals surface area contributed by atoms with E-state index in [0.717, 1.165) is 0 Å². The first kappa shape index (κ1) is 23.9. The van der Waals surface area contributed by atoms with Gasteiger partial charge in [0.2, 0.25) is 5.78 Å². The summed E-state index contributed by atoms with van der Waals surface area (Å²) in [5.41, 5.74) is -0.964. The van der Waals surface area contributed by atoms with Gasteiger partial charge in [0.25, 0.3) is 0 Å². The minimum Gasteiger partial charge on any atom is -0.493 e. The molecule has 2 unspecified atom stereocenters. The highest BCUT2D eigenvalue weighted by atomic mass is 16.5. The summed E-state index contributed by atoms with van der Waals surface area (Å²) in [7, 11) is 0. The fraction of sp³-hybridized carbons (Fsp3) is 0.423. The standard InChI is InChI=1S/C26H28O8/c1-5-32-17-10-8-9-14-19(17)23(30)21-20(22(14)29)24(33-6-2)15-11-26(31,13(4)27)12-16(28)18(15)25(21)34-7-3/h8-10,16,28,31H,5-7,11-12H2,1-4H3. The summed E-state index contributed by atoms with van der Waals surface area (Å²) in [4.78, 5) is 39.9. The lowest BCUT2D eigenvalue weighted by Gasteiger charge is -2.38. The number of ether oxygens (including phenoxy) is 3. The molecule has 0 aromatic heterocycles. The average molecular weight is 469 g/mol.